The van der Waals surface area contributed by atoms with Crippen LogP contribution in [0.5, 0.6) is 0 Å². The van der Waals surface area contributed by atoms with Crippen molar-refractivity contribution in [2.45, 2.75) is 143 Å². The monoisotopic (exact) mass is 1190 g/mol. The number of carboxylic acids is 2. The third kappa shape index (κ3) is 23.1. The highest BCUT2D eigenvalue weighted by Crippen LogP contribution is 2.41. The zero-order valence-corrected chi connectivity index (χ0v) is 47.9. The smallest absolute Gasteiger partial charge is 0.480 e. The van der Waals surface area contributed by atoms with Gasteiger partial charge in [-0.25, -0.2) is 18.4 Å². The van der Waals surface area contributed by atoms with Crippen LogP contribution in [0.3, 0.4) is 0 Å². The van der Waals surface area contributed by atoms with E-state index >= 15 is 4.39 Å². The topological polar surface area (TPSA) is 317 Å². The second-order valence-electron chi connectivity index (χ2n) is 21.7. The van der Waals surface area contributed by atoms with Gasteiger partial charge >= 0.3 is 18.1 Å². The van der Waals surface area contributed by atoms with Crippen molar-refractivity contribution in [2.24, 2.45) is 23.0 Å². The molecule has 0 saturated heterocycles. The Morgan fingerprint density at radius 3 is 1.98 bits per heavy atom. The average Bonchev–Trinajstić information content (AvgIpc) is 2.10. The minimum atomic E-state index is -5.08. The molecule has 0 spiro atoms. The maximum Gasteiger partial charge on any atom is 0.490 e. The maximum atomic E-state index is 15.1. The number of carbonyl (C=O) groups is 10. The Labute approximate surface area is 483 Å². The number of carboxylic acid groups (broad SMARTS) is 2. The van der Waals surface area contributed by atoms with Crippen LogP contribution in [0, 0.1) is 28.9 Å². The Balaban J connectivity index is 0.00000247. The van der Waals surface area contributed by atoms with E-state index in [-0.39, 0.29) is 93.3 Å². The lowest BCUT2D eigenvalue weighted by atomic mass is 9.82. The number of benzene rings is 2. The number of aliphatic hydroxyl groups excluding tert-OH is 1. The van der Waals surface area contributed by atoms with Crippen LogP contribution in [-0.2, 0) is 54.5 Å². The van der Waals surface area contributed by atoms with E-state index in [0.717, 1.165) is 28.7 Å². The van der Waals surface area contributed by atoms with Gasteiger partial charge in [0.05, 0.1) is 18.1 Å². The first-order chi connectivity index (χ1) is 39.3. The third-order valence-corrected chi connectivity index (χ3v) is 13.5. The second kappa shape index (κ2) is 33.4. The molecule has 0 bridgehead atoms. The van der Waals surface area contributed by atoms with Crippen molar-refractivity contribution in [2.75, 3.05) is 32.8 Å². The van der Waals surface area contributed by atoms with E-state index in [1.807, 2.05) is 55.7 Å². The van der Waals surface area contributed by atoms with Gasteiger partial charge in [0.25, 0.3) is 11.8 Å². The number of imide groups is 1. The van der Waals surface area contributed by atoms with Crippen LogP contribution in [0.25, 0.3) is 11.1 Å². The minimum absolute atomic E-state index is 0.0291. The van der Waals surface area contributed by atoms with Crippen LogP contribution in [0.2, 0.25) is 0 Å². The predicted octanol–water partition coefficient (Wildman–Crippen LogP) is 5.32. The highest BCUT2D eigenvalue weighted by molar-refractivity contribution is 6.12. The molecule has 3 aromatic rings. The number of aliphatic hydroxyl groups is 1. The van der Waals surface area contributed by atoms with Crippen LogP contribution >= 0.6 is 0 Å². The summed E-state index contributed by atoms with van der Waals surface area (Å²) < 4.78 is 63.1. The predicted molar refractivity (Wildman–Crippen MR) is 297 cm³/mol. The fourth-order valence-electron chi connectivity index (χ4n) is 9.07. The van der Waals surface area contributed by atoms with Gasteiger partial charge in [0, 0.05) is 93.1 Å². The lowest BCUT2D eigenvalue weighted by Crippen LogP contribution is -2.47. The molecule has 0 unspecified atom stereocenters. The summed E-state index contributed by atoms with van der Waals surface area (Å²) in [5.41, 5.74) is 7.50. The van der Waals surface area contributed by atoms with Gasteiger partial charge in [-0.15, -0.1) is 0 Å². The molecular formula is C58H77F5N8O13. The summed E-state index contributed by atoms with van der Waals surface area (Å²) in [6, 6.07) is 10.3. The van der Waals surface area contributed by atoms with Crippen molar-refractivity contribution >= 4 is 59.1 Å². The zero-order valence-electron chi connectivity index (χ0n) is 47.9. The second-order valence-corrected chi connectivity index (χ2v) is 21.7. The number of hydrogen-bond donors (Lipinski definition) is 8. The summed E-state index contributed by atoms with van der Waals surface area (Å²) in [6.45, 7) is 10.4. The molecule has 5 atom stereocenters. The molecule has 1 aliphatic heterocycles. The number of amides is 7. The summed E-state index contributed by atoms with van der Waals surface area (Å²) in [5, 5.41) is 37.7. The van der Waals surface area contributed by atoms with Gasteiger partial charge in [-0.05, 0) is 79.7 Å². The lowest BCUT2D eigenvalue weighted by molar-refractivity contribution is -0.192. The van der Waals surface area contributed by atoms with Gasteiger partial charge in [0.15, 0.2) is 5.78 Å². The number of nitrogens with zero attached hydrogens (tertiary/aromatic N) is 3. The Hall–Kier alpha value is -7.87. The molecule has 21 nitrogen and oxygen atoms in total. The average molecular weight is 1190 g/mol. The minimum Gasteiger partial charge on any atom is -0.480 e. The third-order valence-electron chi connectivity index (χ3n) is 13.5. The Morgan fingerprint density at radius 2 is 1.39 bits per heavy atom. The number of rotatable bonds is 32. The van der Waals surface area contributed by atoms with Crippen LogP contribution < -0.4 is 27.0 Å². The van der Waals surface area contributed by atoms with E-state index in [0.29, 0.717) is 49.9 Å². The van der Waals surface area contributed by atoms with Crippen molar-refractivity contribution in [3.05, 3.63) is 95.8 Å². The normalized spacial score (nSPS) is 14.1. The van der Waals surface area contributed by atoms with Gasteiger partial charge in [-0.1, -0.05) is 78.3 Å². The highest BCUT2D eigenvalue weighted by atomic mass is 19.4. The molecule has 1 aromatic heterocycles. The first-order valence-corrected chi connectivity index (χ1v) is 27.4. The van der Waals surface area contributed by atoms with Crippen LogP contribution in [0.15, 0.2) is 72.9 Å². The molecule has 0 fully saturated rings. The number of halogens is 5. The van der Waals surface area contributed by atoms with Crippen LogP contribution in [-0.4, -0.2) is 146 Å². The van der Waals surface area contributed by atoms with E-state index < -0.39 is 95.5 Å². The van der Waals surface area contributed by atoms with Crippen LogP contribution in [0.1, 0.15) is 123 Å². The summed E-state index contributed by atoms with van der Waals surface area (Å²) in [4.78, 5) is 125. The standard InChI is InChI=1S/C56H76F2N8O11.C2HF3O2/c1-35(2)51(63-47(70)18-11-8-14-27-65-48(71)21-22-49(65)72)45(68)29-36(3)53(74)62-43(55(76)77)17-12-13-25-60-46(69)23-26-61-54(75)42(59)24-28-66(50(73)34-67)52(56(4,5)6)44-30-38(40-31-39(57)19-20-41(40)58)33-64(44)32-37-15-9-7-10-16-37;3-2(4,5)1(6)7/h7,9-10,15-16,19-22,30-31,33,35-36,42-43,51-52,67H,8,11-14,17-18,23-29,32,34,59H2,1-6H3,(H,60,69)(H,61,75)(H,62,74)(H,63,70)(H,76,77);(H,6,7)/t36-,42+,43+,51+,52+;/m1./s1. The fourth-order valence-corrected chi connectivity index (χ4v) is 9.07. The van der Waals surface area contributed by atoms with Crippen molar-refractivity contribution < 1.29 is 85.2 Å². The lowest BCUT2D eigenvalue weighted by Gasteiger charge is -2.41. The molecule has 84 heavy (non-hydrogen) atoms. The molecule has 4 rings (SSSR count). The number of unbranched alkanes of at least 4 members (excludes halogenated alkanes) is 3. The van der Waals surface area contributed by atoms with Gasteiger partial charge < -0.3 is 51.8 Å². The quantitative estimate of drug-likeness (QED) is 0.0223. The van der Waals surface area contributed by atoms with E-state index in [1.54, 1.807) is 26.1 Å². The molecule has 9 N–H and O–H groups in total. The molecule has 0 aliphatic carbocycles. The summed E-state index contributed by atoms with van der Waals surface area (Å²) >= 11 is 0. The zero-order chi connectivity index (χ0) is 63.1. The van der Waals surface area contributed by atoms with Crippen LogP contribution in [0.4, 0.5) is 22.0 Å². The number of carbonyl (C=O) groups excluding carboxylic acids is 8. The largest absolute Gasteiger partial charge is 0.490 e. The maximum absolute atomic E-state index is 15.1. The van der Waals surface area contributed by atoms with E-state index in [1.165, 1.54) is 24.0 Å². The van der Waals surface area contributed by atoms with E-state index in [4.69, 9.17) is 15.6 Å². The molecule has 462 valence electrons. The van der Waals surface area contributed by atoms with Gasteiger partial charge in [0.1, 0.15) is 24.3 Å². The first kappa shape index (κ1) is 70.4. The highest BCUT2D eigenvalue weighted by Gasteiger charge is 2.39. The number of aromatic nitrogens is 1. The molecule has 0 saturated carbocycles. The Kier molecular flexibility index (Phi) is 28.0. The summed E-state index contributed by atoms with van der Waals surface area (Å²) in [5.74, 6) is -10.2. The number of nitrogens with two attached hydrogens (primary N) is 1. The number of hydrogen-bond acceptors (Lipinski definition) is 12. The van der Waals surface area contributed by atoms with Gasteiger partial charge in [0.2, 0.25) is 29.5 Å². The van der Waals surface area contributed by atoms with E-state index in [2.05, 4.69) is 21.3 Å². The number of nitrogens with one attached hydrogen (secondary N) is 4. The molecule has 0 radical (unpaired) electrons. The molecule has 2 heterocycles. The van der Waals surface area contributed by atoms with Gasteiger partial charge in [-0.3, -0.25) is 43.3 Å². The summed E-state index contributed by atoms with van der Waals surface area (Å²) in [7, 11) is 0. The van der Waals surface area contributed by atoms with Crippen molar-refractivity contribution in [1.82, 2.24) is 35.6 Å². The number of aliphatic carboxylic acids is 2. The number of Topliss-reactive ketones (excluding diaryl/α,β-unsaturated/α-hetero) is 1. The fraction of sp³-hybridized carbons (Fsp3) is 0.517. The molecular weight excluding hydrogens is 1110 g/mol. The van der Waals surface area contributed by atoms with Crippen molar-refractivity contribution in [1.29, 1.82) is 0 Å². The number of alkyl halides is 3. The number of ketones is 1. The molecule has 7 amide bonds. The van der Waals surface area contributed by atoms with Crippen molar-refractivity contribution in [3.8, 4) is 11.1 Å². The first-order valence-electron chi connectivity index (χ1n) is 27.4. The summed E-state index contributed by atoms with van der Waals surface area (Å²) in [6.07, 6.45) is 1.04. The van der Waals surface area contributed by atoms with Crippen molar-refractivity contribution in [3.63, 3.8) is 0 Å². The molecule has 2 aromatic carbocycles. The van der Waals surface area contributed by atoms with Gasteiger partial charge in [-0.2, -0.15) is 13.2 Å². The Bertz CT molecular complexity index is 2780. The van der Waals surface area contributed by atoms with E-state index in [9.17, 15) is 70.9 Å². The SMILES string of the molecule is CC(C)[C@H](NC(=O)CCCCCN1C(=O)C=CC1=O)C(=O)C[C@@H](C)C(=O)N[C@@H](CCCCNC(=O)CCNC(=O)[C@@H](N)CCN(C(=O)CO)[C@@H](c1cc(-c2cc(F)ccc2F)cn1Cc1ccccc1)C(C)(C)C)C(=O)O.O=C(O)C(F)(F)F. The Morgan fingerprint density at radius 1 is 0.750 bits per heavy atom. The molecule has 1 aliphatic rings. The molecule has 26 heteroatoms.